The monoisotopic (exact) mass is 357 g/mol. The third kappa shape index (κ3) is 4.98. The zero-order chi connectivity index (χ0) is 19.0. The lowest BCUT2D eigenvalue weighted by molar-refractivity contribution is -0.131. The molecule has 1 N–H and O–H groups in total. The average Bonchev–Trinajstić information content (AvgIpc) is 2.85. The number of nitrogens with one attached hydrogen (secondary N) is 1. The number of nitrogens with zero attached hydrogens (tertiary/aromatic N) is 2. The quantitative estimate of drug-likeness (QED) is 0.512. The van der Waals surface area contributed by atoms with Gasteiger partial charge in [-0.2, -0.15) is 5.26 Å². The Morgan fingerprint density at radius 2 is 1.85 bits per heavy atom. The molecule has 0 bridgehead atoms. The molecule has 1 saturated heterocycles. The zero-order valence-electron chi connectivity index (χ0n) is 15.6. The first-order valence-corrected chi connectivity index (χ1v) is 9.27. The Labute approximate surface area is 155 Å². The van der Waals surface area contributed by atoms with E-state index in [1.54, 1.807) is 31.2 Å². The number of hydrogen-bond donors (Lipinski definition) is 1. The standard InChI is InChI=1S/C20H27N3O3/c1-3-4-5-6-7-12-20(2)18(24)23(19(25)22-20)13-14-26-17-10-8-16(15-21)9-11-17/h8-11H,3-7,12-14H2,1-2H3,(H,22,25)/t20-/m1/s1. The van der Waals surface area contributed by atoms with E-state index >= 15 is 0 Å². The lowest BCUT2D eigenvalue weighted by Crippen LogP contribution is -2.44. The van der Waals surface area contributed by atoms with Crippen LogP contribution in [-0.2, 0) is 4.79 Å². The minimum absolute atomic E-state index is 0.179. The number of benzene rings is 1. The number of rotatable bonds is 10. The first kappa shape index (κ1) is 19.8. The van der Waals surface area contributed by atoms with Crippen molar-refractivity contribution in [3.8, 4) is 11.8 Å². The first-order valence-electron chi connectivity index (χ1n) is 9.27. The molecule has 6 nitrogen and oxygen atoms in total. The summed E-state index contributed by atoms with van der Waals surface area (Å²) in [5.41, 5.74) is -0.251. The van der Waals surface area contributed by atoms with Gasteiger partial charge in [0.2, 0.25) is 0 Å². The largest absolute Gasteiger partial charge is 0.492 e. The number of imide groups is 1. The summed E-state index contributed by atoms with van der Waals surface area (Å²) in [6.45, 7) is 4.39. The molecule has 0 radical (unpaired) electrons. The second-order valence-electron chi connectivity index (χ2n) is 6.87. The summed E-state index contributed by atoms with van der Waals surface area (Å²) in [5, 5.41) is 11.6. The van der Waals surface area contributed by atoms with Crippen molar-refractivity contribution in [2.45, 2.75) is 57.9 Å². The minimum atomic E-state index is -0.808. The molecule has 1 aromatic rings. The third-order valence-electron chi connectivity index (χ3n) is 4.69. The molecular weight excluding hydrogens is 330 g/mol. The van der Waals surface area contributed by atoms with Crippen molar-refractivity contribution in [3.05, 3.63) is 29.8 Å². The fourth-order valence-electron chi connectivity index (χ4n) is 3.08. The van der Waals surface area contributed by atoms with Crippen LogP contribution in [0.4, 0.5) is 4.79 Å². The maximum Gasteiger partial charge on any atom is 0.325 e. The molecule has 2 rings (SSSR count). The zero-order valence-corrected chi connectivity index (χ0v) is 15.6. The maximum atomic E-state index is 12.6. The Morgan fingerprint density at radius 3 is 2.50 bits per heavy atom. The molecular formula is C20H27N3O3. The van der Waals surface area contributed by atoms with Crippen LogP contribution >= 0.6 is 0 Å². The van der Waals surface area contributed by atoms with Crippen LogP contribution in [0.15, 0.2) is 24.3 Å². The maximum absolute atomic E-state index is 12.6. The van der Waals surface area contributed by atoms with Crippen molar-refractivity contribution in [1.29, 1.82) is 5.26 Å². The Bertz CT molecular complexity index is 666. The molecule has 0 spiro atoms. The summed E-state index contributed by atoms with van der Waals surface area (Å²) < 4.78 is 5.57. The molecule has 1 aliphatic rings. The van der Waals surface area contributed by atoms with E-state index in [2.05, 4.69) is 12.2 Å². The van der Waals surface area contributed by atoms with E-state index in [1.807, 2.05) is 6.07 Å². The normalized spacial score (nSPS) is 19.3. The van der Waals surface area contributed by atoms with Crippen molar-refractivity contribution >= 4 is 11.9 Å². The molecule has 0 aromatic heterocycles. The summed E-state index contributed by atoms with van der Waals surface area (Å²) in [4.78, 5) is 26.0. The predicted octanol–water partition coefficient (Wildman–Crippen LogP) is 3.61. The van der Waals surface area contributed by atoms with Crippen LogP contribution < -0.4 is 10.1 Å². The molecule has 6 heteroatoms. The molecule has 1 heterocycles. The predicted molar refractivity (Wildman–Crippen MR) is 98.7 cm³/mol. The number of amides is 3. The number of nitriles is 1. The minimum Gasteiger partial charge on any atom is -0.492 e. The fraction of sp³-hybridized carbons (Fsp3) is 0.550. The van der Waals surface area contributed by atoms with Gasteiger partial charge in [0.15, 0.2) is 0 Å². The van der Waals surface area contributed by atoms with Crippen molar-refractivity contribution in [2.75, 3.05) is 13.2 Å². The SMILES string of the molecule is CCCCCCC[C@@]1(C)NC(=O)N(CCOc2ccc(C#N)cc2)C1=O. The lowest BCUT2D eigenvalue weighted by Gasteiger charge is -2.21. The summed E-state index contributed by atoms with van der Waals surface area (Å²) in [6, 6.07) is 8.42. The molecule has 0 saturated carbocycles. The van der Waals surface area contributed by atoms with Crippen molar-refractivity contribution < 1.29 is 14.3 Å². The molecule has 26 heavy (non-hydrogen) atoms. The Hall–Kier alpha value is -2.55. The van der Waals surface area contributed by atoms with E-state index < -0.39 is 5.54 Å². The van der Waals surface area contributed by atoms with Crippen LogP contribution in [-0.4, -0.2) is 35.5 Å². The highest BCUT2D eigenvalue weighted by atomic mass is 16.5. The second-order valence-corrected chi connectivity index (χ2v) is 6.87. The van der Waals surface area contributed by atoms with Crippen LogP contribution in [0, 0.1) is 11.3 Å². The van der Waals surface area contributed by atoms with E-state index in [4.69, 9.17) is 10.00 Å². The van der Waals surface area contributed by atoms with E-state index in [0.717, 1.165) is 19.3 Å². The van der Waals surface area contributed by atoms with Crippen LogP contribution in [0.5, 0.6) is 5.75 Å². The van der Waals surface area contributed by atoms with Gasteiger partial charge in [-0.3, -0.25) is 9.69 Å². The van der Waals surface area contributed by atoms with Gasteiger partial charge >= 0.3 is 6.03 Å². The topological polar surface area (TPSA) is 82.4 Å². The highest BCUT2D eigenvalue weighted by Crippen LogP contribution is 2.24. The van der Waals surface area contributed by atoms with Crippen molar-refractivity contribution in [2.24, 2.45) is 0 Å². The van der Waals surface area contributed by atoms with Crippen molar-refractivity contribution in [3.63, 3.8) is 0 Å². The Morgan fingerprint density at radius 1 is 1.15 bits per heavy atom. The Balaban J connectivity index is 1.81. The average molecular weight is 357 g/mol. The van der Waals surface area contributed by atoms with Crippen LogP contribution in [0.3, 0.4) is 0 Å². The van der Waals surface area contributed by atoms with Gasteiger partial charge in [0, 0.05) is 0 Å². The van der Waals surface area contributed by atoms with Gasteiger partial charge in [-0.25, -0.2) is 4.79 Å². The number of ether oxygens (including phenoxy) is 1. The van der Waals surface area contributed by atoms with E-state index in [0.29, 0.717) is 17.7 Å². The van der Waals surface area contributed by atoms with Gasteiger partial charge < -0.3 is 10.1 Å². The number of hydrogen-bond acceptors (Lipinski definition) is 4. The molecule has 1 aliphatic heterocycles. The smallest absolute Gasteiger partial charge is 0.325 e. The molecule has 0 unspecified atom stereocenters. The van der Waals surface area contributed by atoms with Gasteiger partial charge in [-0.1, -0.05) is 39.0 Å². The number of urea groups is 1. The number of carbonyl (C=O) groups is 2. The van der Waals surface area contributed by atoms with E-state index in [9.17, 15) is 9.59 Å². The molecule has 3 amide bonds. The number of unbranched alkanes of at least 4 members (excludes halogenated alkanes) is 4. The van der Waals surface area contributed by atoms with Crippen molar-refractivity contribution in [1.82, 2.24) is 10.2 Å². The number of carbonyl (C=O) groups excluding carboxylic acids is 2. The van der Waals surface area contributed by atoms with Gasteiger partial charge in [-0.05, 0) is 37.6 Å². The summed E-state index contributed by atoms with van der Waals surface area (Å²) in [6.07, 6.45) is 6.22. The van der Waals surface area contributed by atoms with Gasteiger partial charge in [0.1, 0.15) is 17.9 Å². The van der Waals surface area contributed by atoms with Crippen LogP contribution in [0.25, 0.3) is 0 Å². The highest BCUT2D eigenvalue weighted by Gasteiger charge is 2.46. The van der Waals surface area contributed by atoms with Crippen LogP contribution in [0.2, 0.25) is 0 Å². The fourth-order valence-corrected chi connectivity index (χ4v) is 3.08. The molecule has 140 valence electrons. The summed E-state index contributed by atoms with van der Waals surface area (Å²) >= 11 is 0. The van der Waals surface area contributed by atoms with E-state index in [-0.39, 0.29) is 25.1 Å². The first-order chi connectivity index (χ1) is 12.5. The van der Waals surface area contributed by atoms with Gasteiger partial charge in [-0.15, -0.1) is 0 Å². The van der Waals surface area contributed by atoms with Gasteiger partial charge in [0.05, 0.1) is 18.2 Å². The Kier molecular flexibility index (Phi) is 7.02. The second kappa shape index (κ2) is 9.23. The van der Waals surface area contributed by atoms with E-state index in [1.165, 1.54) is 17.7 Å². The molecule has 0 aliphatic carbocycles. The van der Waals surface area contributed by atoms with Crippen LogP contribution in [0.1, 0.15) is 57.9 Å². The summed E-state index contributed by atoms with van der Waals surface area (Å²) in [7, 11) is 0. The molecule has 1 fully saturated rings. The third-order valence-corrected chi connectivity index (χ3v) is 4.69. The summed E-state index contributed by atoms with van der Waals surface area (Å²) in [5.74, 6) is 0.427. The van der Waals surface area contributed by atoms with Gasteiger partial charge in [0.25, 0.3) is 5.91 Å². The molecule has 1 aromatic carbocycles. The highest BCUT2D eigenvalue weighted by molar-refractivity contribution is 6.06. The molecule has 1 atom stereocenters. The lowest BCUT2D eigenvalue weighted by atomic mass is 9.94.